The molecule has 1 amide bonds. The molecule has 30 heavy (non-hydrogen) atoms. The van der Waals surface area contributed by atoms with Gasteiger partial charge in [0.2, 0.25) is 12.2 Å². The summed E-state index contributed by atoms with van der Waals surface area (Å²) >= 11 is 0. The Balaban J connectivity index is 1.55. The van der Waals surface area contributed by atoms with E-state index < -0.39 is 36.9 Å². The Morgan fingerprint density at radius 3 is 2.47 bits per heavy atom. The van der Waals surface area contributed by atoms with Crippen LogP contribution in [-0.2, 0) is 19.0 Å². The van der Waals surface area contributed by atoms with Crippen LogP contribution in [0.5, 0.6) is 11.5 Å². The first-order chi connectivity index (χ1) is 14.6. The molecule has 2 aliphatic rings. The Kier molecular flexibility index (Phi) is 6.19. The number of amides is 1. The first-order valence-electron chi connectivity index (χ1n) is 9.79. The number of fused-ring (bicyclic) bond motifs is 1. The summed E-state index contributed by atoms with van der Waals surface area (Å²) in [5.41, 5.74) is 0.839. The zero-order valence-corrected chi connectivity index (χ0v) is 16.8. The lowest BCUT2D eigenvalue weighted by Gasteiger charge is -2.47. The van der Waals surface area contributed by atoms with Crippen LogP contribution in [0.2, 0.25) is 0 Å². The molecule has 8 heteroatoms. The molecule has 160 valence electrons. The highest BCUT2D eigenvalue weighted by Gasteiger charge is 2.50. The van der Waals surface area contributed by atoms with Gasteiger partial charge in [0.15, 0.2) is 17.8 Å². The number of hydrogen-bond donors (Lipinski definition) is 2. The van der Waals surface area contributed by atoms with Crippen molar-refractivity contribution in [2.75, 3.05) is 13.7 Å². The van der Waals surface area contributed by atoms with Gasteiger partial charge in [-0.15, -0.1) is 0 Å². The molecule has 0 radical (unpaired) electrons. The van der Waals surface area contributed by atoms with Gasteiger partial charge in [-0.05, 0) is 12.1 Å². The van der Waals surface area contributed by atoms with Crippen LogP contribution in [0.4, 0.5) is 0 Å². The zero-order valence-electron chi connectivity index (χ0n) is 16.8. The molecule has 2 aromatic rings. The quantitative estimate of drug-likeness (QED) is 0.769. The van der Waals surface area contributed by atoms with Gasteiger partial charge in [0, 0.05) is 12.5 Å². The molecule has 2 saturated heterocycles. The highest BCUT2D eigenvalue weighted by Crippen LogP contribution is 2.36. The van der Waals surface area contributed by atoms with Crippen LogP contribution < -0.4 is 14.8 Å². The Bertz CT molecular complexity index is 862. The van der Waals surface area contributed by atoms with E-state index >= 15 is 0 Å². The third-order valence-electron chi connectivity index (χ3n) is 5.12. The van der Waals surface area contributed by atoms with Crippen LogP contribution in [0.25, 0.3) is 0 Å². The molecule has 0 bridgehead atoms. The van der Waals surface area contributed by atoms with E-state index in [0.29, 0.717) is 11.5 Å². The van der Waals surface area contributed by atoms with Gasteiger partial charge in [-0.25, -0.2) is 0 Å². The van der Waals surface area contributed by atoms with Gasteiger partial charge in [0.1, 0.15) is 24.4 Å². The van der Waals surface area contributed by atoms with E-state index in [-0.39, 0.29) is 12.5 Å². The minimum absolute atomic E-state index is 0.208. The van der Waals surface area contributed by atoms with Gasteiger partial charge in [-0.3, -0.25) is 4.79 Å². The molecule has 2 aliphatic heterocycles. The number of ether oxygens (including phenoxy) is 5. The summed E-state index contributed by atoms with van der Waals surface area (Å²) in [5.74, 6) is 0.631. The first-order valence-corrected chi connectivity index (χ1v) is 9.79. The molecule has 2 heterocycles. The van der Waals surface area contributed by atoms with E-state index in [1.807, 2.05) is 36.4 Å². The second-order valence-corrected chi connectivity index (χ2v) is 7.21. The molecule has 0 aromatic heterocycles. The van der Waals surface area contributed by atoms with Crippen molar-refractivity contribution in [2.24, 2.45) is 0 Å². The van der Waals surface area contributed by atoms with E-state index in [0.717, 1.165) is 5.56 Å². The van der Waals surface area contributed by atoms with E-state index in [9.17, 15) is 9.90 Å². The van der Waals surface area contributed by atoms with Gasteiger partial charge in [-0.1, -0.05) is 42.5 Å². The van der Waals surface area contributed by atoms with Crippen LogP contribution in [0.1, 0.15) is 18.8 Å². The molecule has 0 unspecified atom stereocenters. The molecular formula is C22H25NO7. The van der Waals surface area contributed by atoms with Crippen LogP contribution in [0.15, 0.2) is 54.6 Å². The lowest BCUT2D eigenvalue weighted by molar-refractivity contribution is -0.333. The van der Waals surface area contributed by atoms with E-state index in [1.54, 1.807) is 18.2 Å². The Morgan fingerprint density at radius 1 is 1.07 bits per heavy atom. The number of nitrogens with one attached hydrogen (secondary N) is 1. The summed E-state index contributed by atoms with van der Waals surface area (Å²) in [6.45, 7) is 1.58. The molecule has 0 saturated carbocycles. The summed E-state index contributed by atoms with van der Waals surface area (Å²) in [6, 6.07) is 15.7. The average molecular weight is 415 g/mol. The van der Waals surface area contributed by atoms with Crippen LogP contribution in [0.3, 0.4) is 0 Å². The van der Waals surface area contributed by atoms with E-state index in [4.69, 9.17) is 23.7 Å². The van der Waals surface area contributed by atoms with Gasteiger partial charge in [-0.2, -0.15) is 0 Å². The molecule has 2 fully saturated rings. The topological polar surface area (TPSA) is 95.5 Å². The van der Waals surface area contributed by atoms with Crippen LogP contribution >= 0.6 is 0 Å². The van der Waals surface area contributed by atoms with E-state index in [2.05, 4.69) is 5.32 Å². The summed E-state index contributed by atoms with van der Waals surface area (Å²) < 4.78 is 29.2. The third kappa shape index (κ3) is 4.27. The normalized spacial score (nSPS) is 30.8. The number of aliphatic hydroxyl groups is 1. The second-order valence-electron chi connectivity index (χ2n) is 7.21. The molecule has 0 spiro atoms. The number of hydrogen-bond acceptors (Lipinski definition) is 7. The second kappa shape index (κ2) is 9.01. The number of para-hydroxylation sites is 2. The number of methoxy groups -OCH3 is 1. The first kappa shape index (κ1) is 20.6. The van der Waals surface area contributed by atoms with Crippen molar-refractivity contribution < 1.29 is 33.6 Å². The third-order valence-corrected chi connectivity index (χ3v) is 5.12. The maximum Gasteiger partial charge on any atom is 0.223 e. The molecule has 0 aliphatic carbocycles. The number of carbonyl (C=O) groups is 1. The Morgan fingerprint density at radius 2 is 1.77 bits per heavy atom. The van der Waals surface area contributed by atoms with Gasteiger partial charge in [0.05, 0.1) is 13.7 Å². The molecule has 8 nitrogen and oxygen atoms in total. The fourth-order valence-electron chi connectivity index (χ4n) is 3.70. The van der Waals surface area contributed by atoms with Crippen molar-refractivity contribution >= 4 is 5.91 Å². The lowest BCUT2D eigenvalue weighted by atomic mass is 9.95. The van der Waals surface area contributed by atoms with Crippen molar-refractivity contribution in [1.29, 1.82) is 0 Å². The average Bonchev–Trinajstić information content (AvgIpc) is 2.77. The maximum absolute atomic E-state index is 11.8. The fourth-order valence-corrected chi connectivity index (χ4v) is 3.70. The van der Waals surface area contributed by atoms with Gasteiger partial charge >= 0.3 is 0 Å². The minimum atomic E-state index is -1.07. The molecule has 2 aromatic carbocycles. The summed E-state index contributed by atoms with van der Waals surface area (Å²) in [6.07, 6.45) is -3.91. The number of rotatable bonds is 5. The molecular weight excluding hydrogens is 390 g/mol. The molecule has 4 rings (SSSR count). The largest absolute Gasteiger partial charge is 0.493 e. The maximum atomic E-state index is 11.8. The van der Waals surface area contributed by atoms with Gasteiger partial charge < -0.3 is 34.1 Å². The monoisotopic (exact) mass is 415 g/mol. The van der Waals surface area contributed by atoms with Crippen molar-refractivity contribution in [1.82, 2.24) is 5.32 Å². The standard InChI is InChI=1S/C22H25NO7/c1-13(24)23-18-19(25)20-17(12-27-21(30-20)14-8-4-3-5-9-14)29-22(18)28-16-11-7-6-10-15(16)26-2/h3-11,17-22,25H,12H2,1-2H3,(H,23,24)/t17-,18-,19-,20-,21-,22-/m1/s1. The Hall–Kier alpha value is -2.65. The smallest absolute Gasteiger partial charge is 0.223 e. The summed E-state index contributed by atoms with van der Waals surface area (Å²) in [5, 5.41) is 13.8. The Labute approximate surface area is 174 Å². The van der Waals surface area contributed by atoms with Crippen molar-refractivity contribution in [3.63, 3.8) is 0 Å². The van der Waals surface area contributed by atoms with Crippen LogP contribution in [0, 0.1) is 0 Å². The summed E-state index contributed by atoms with van der Waals surface area (Å²) in [7, 11) is 1.53. The van der Waals surface area contributed by atoms with Crippen molar-refractivity contribution in [3.8, 4) is 11.5 Å². The lowest BCUT2D eigenvalue weighted by Crippen LogP contribution is -2.67. The summed E-state index contributed by atoms with van der Waals surface area (Å²) in [4.78, 5) is 11.8. The van der Waals surface area contributed by atoms with E-state index in [1.165, 1.54) is 14.0 Å². The van der Waals surface area contributed by atoms with Crippen LogP contribution in [-0.4, -0.2) is 55.4 Å². The van der Waals surface area contributed by atoms with Crippen molar-refractivity contribution in [3.05, 3.63) is 60.2 Å². The highest BCUT2D eigenvalue weighted by atomic mass is 16.7. The highest BCUT2D eigenvalue weighted by molar-refractivity contribution is 5.73. The number of carbonyl (C=O) groups excluding carboxylic acids is 1. The van der Waals surface area contributed by atoms with Gasteiger partial charge in [0.25, 0.3) is 0 Å². The fraction of sp³-hybridized carbons (Fsp3) is 0.409. The number of aliphatic hydroxyl groups excluding tert-OH is 1. The minimum Gasteiger partial charge on any atom is -0.493 e. The van der Waals surface area contributed by atoms with Crippen molar-refractivity contribution in [2.45, 2.75) is 43.9 Å². The predicted molar refractivity (Wildman–Crippen MR) is 106 cm³/mol. The molecule has 6 atom stereocenters. The predicted octanol–water partition coefficient (Wildman–Crippen LogP) is 1.78. The zero-order chi connectivity index (χ0) is 21.1. The molecule has 2 N–H and O–H groups in total. The SMILES string of the molecule is COc1ccccc1O[C@@H]1O[C@@H]2CO[C@@H](c3ccccc3)O[C@H]2[C@H](O)[C@H]1NC(C)=O. The number of benzene rings is 2.